The fraction of sp³-hybridized carbons (Fsp3) is 0.800. The summed E-state index contributed by atoms with van der Waals surface area (Å²) in [7, 11) is 0. The molecule has 1 aromatic rings. The standard InChI is InChI=1S/C30H50O3/c1-2-3-4-5-6-7-8-9-10-11-12-13-14-15-16-17-21-31-30-26(22-28-24-32-28)19-18-20-27(30)23-29-25-33-29/h18-20,28-29H,2-17,21-25H2,1H3. The highest BCUT2D eigenvalue weighted by Crippen LogP contribution is 2.31. The quantitative estimate of drug-likeness (QED) is 0.130. The maximum atomic E-state index is 6.33. The van der Waals surface area contributed by atoms with Crippen LogP contribution in [-0.2, 0) is 22.3 Å². The van der Waals surface area contributed by atoms with E-state index in [0.29, 0.717) is 12.2 Å². The van der Waals surface area contributed by atoms with Gasteiger partial charge in [0.2, 0.25) is 0 Å². The third-order valence-electron chi connectivity index (χ3n) is 7.12. The van der Waals surface area contributed by atoms with Gasteiger partial charge in [-0.05, 0) is 17.5 Å². The molecule has 2 heterocycles. The van der Waals surface area contributed by atoms with Gasteiger partial charge in [0.15, 0.2) is 0 Å². The molecule has 0 aliphatic carbocycles. The third-order valence-corrected chi connectivity index (χ3v) is 7.12. The van der Waals surface area contributed by atoms with E-state index in [0.717, 1.165) is 44.8 Å². The SMILES string of the molecule is CCCCCCCCCCCCCCCCCCOc1c(CC2CO2)cccc1CC1CO1. The molecule has 0 bridgehead atoms. The van der Waals surface area contributed by atoms with Crippen LogP contribution in [0.15, 0.2) is 18.2 Å². The van der Waals surface area contributed by atoms with Crippen molar-refractivity contribution in [3.05, 3.63) is 29.3 Å². The number of benzene rings is 1. The lowest BCUT2D eigenvalue weighted by molar-refractivity contribution is 0.295. The molecule has 2 aliphatic heterocycles. The first kappa shape index (κ1) is 26.5. The molecule has 188 valence electrons. The van der Waals surface area contributed by atoms with Crippen molar-refractivity contribution in [2.75, 3.05) is 19.8 Å². The van der Waals surface area contributed by atoms with Crippen molar-refractivity contribution in [1.82, 2.24) is 0 Å². The molecule has 1 aromatic carbocycles. The van der Waals surface area contributed by atoms with E-state index in [1.807, 2.05) is 0 Å². The lowest BCUT2D eigenvalue weighted by Crippen LogP contribution is -2.07. The molecule has 2 unspecified atom stereocenters. The first-order chi connectivity index (χ1) is 16.4. The Labute approximate surface area is 204 Å². The second kappa shape index (κ2) is 16.5. The molecule has 2 atom stereocenters. The van der Waals surface area contributed by atoms with Crippen LogP contribution in [-0.4, -0.2) is 32.0 Å². The number of rotatable bonds is 22. The maximum absolute atomic E-state index is 6.33. The Morgan fingerprint density at radius 2 is 1.03 bits per heavy atom. The Kier molecular flexibility index (Phi) is 13.3. The summed E-state index contributed by atoms with van der Waals surface area (Å²) in [5, 5.41) is 0. The van der Waals surface area contributed by atoms with Gasteiger partial charge in [0.05, 0.1) is 32.0 Å². The summed E-state index contributed by atoms with van der Waals surface area (Å²) in [4.78, 5) is 0. The average Bonchev–Trinajstić information content (AvgIpc) is 3.74. The average molecular weight is 459 g/mol. The minimum atomic E-state index is 0.398. The van der Waals surface area contributed by atoms with Crippen LogP contribution in [0.1, 0.15) is 121 Å². The lowest BCUT2D eigenvalue weighted by atomic mass is 10.0. The van der Waals surface area contributed by atoms with Crippen molar-refractivity contribution in [2.24, 2.45) is 0 Å². The molecule has 0 radical (unpaired) electrons. The number of hydrogen-bond donors (Lipinski definition) is 0. The molecule has 3 rings (SSSR count). The van der Waals surface area contributed by atoms with Crippen molar-refractivity contribution in [1.29, 1.82) is 0 Å². The number of para-hydroxylation sites is 1. The van der Waals surface area contributed by atoms with Crippen molar-refractivity contribution < 1.29 is 14.2 Å². The van der Waals surface area contributed by atoms with Crippen molar-refractivity contribution >= 4 is 0 Å². The molecule has 0 aromatic heterocycles. The fourth-order valence-electron chi connectivity index (χ4n) is 4.83. The van der Waals surface area contributed by atoms with Crippen LogP contribution >= 0.6 is 0 Å². The fourth-order valence-corrected chi connectivity index (χ4v) is 4.83. The summed E-state index contributed by atoms with van der Waals surface area (Å²) in [6.07, 6.45) is 25.2. The Morgan fingerprint density at radius 1 is 0.636 bits per heavy atom. The molecule has 0 amide bonds. The first-order valence-corrected chi connectivity index (χ1v) is 14.3. The van der Waals surface area contributed by atoms with Gasteiger partial charge in [-0.25, -0.2) is 0 Å². The molecule has 0 N–H and O–H groups in total. The number of unbranched alkanes of at least 4 members (excludes halogenated alkanes) is 15. The van der Waals surface area contributed by atoms with Gasteiger partial charge < -0.3 is 14.2 Å². The van der Waals surface area contributed by atoms with E-state index >= 15 is 0 Å². The molecule has 2 fully saturated rings. The van der Waals surface area contributed by atoms with Crippen LogP contribution in [0.4, 0.5) is 0 Å². The molecule has 3 nitrogen and oxygen atoms in total. The number of ether oxygens (including phenoxy) is 3. The Morgan fingerprint density at radius 3 is 1.42 bits per heavy atom. The van der Waals surface area contributed by atoms with Gasteiger partial charge in [-0.3, -0.25) is 0 Å². The number of epoxide rings is 2. The molecular weight excluding hydrogens is 408 g/mol. The third kappa shape index (κ3) is 12.3. The predicted octanol–water partition coefficient (Wildman–Crippen LogP) is 8.21. The lowest BCUT2D eigenvalue weighted by Gasteiger charge is -2.15. The molecule has 0 saturated carbocycles. The zero-order chi connectivity index (χ0) is 23.0. The summed E-state index contributed by atoms with van der Waals surface area (Å²) in [5.41, 5.74) is 2.62. The highest BCUT2D eigenvalue weighted by atomic mass is 16.6. The van der Waals surface area contributed by atoms with Crippen LogP contribution < -0.4 is 4.74 Å². The summed E-state index contributed by atoms with van der Waals surface area (Å²) in [5.74, 6) is 1.12. The molecule has 3 heteroatoms. The van der Waals surface area contributed by atoms with Gasteiger partial charge in [-0.1, -0.05) is 121 Å². The maximum Gasteiger partial charge on any atom is 0.125 e. The topological polar surface area (TPSA) is 34.3 Å². The Bertz CT molecular complexity index is 589. The van der Waals surface area contributed by atoms with E-state index in [1.165, 1.54) is 107 Å². The van der Waals surface area contributed by atoms with Crippen LogP contribution in [0.25, 0.3) is 0 Å². The van der Waals surface area contributed by atoms with Gasteiger partial charge in [0.25, 0.3) is 0 Å². The summed E-state index contributed by atoms with van der Waals surface area (Å²) < 4.78 is 17.3. The van der Waals surface area contributed by atoms with E-state index in [4.69, 9.17) is 14.2 Å². The molecule has 2 saturated heterocycles. The normalized spacial score (nSPS) is 19.1. The van der Waals surface area contributed by atoms with Crippen molar-refractivity contribution in [3.8, 4) is 5.75 Å². The van der Waals surface area contributed by atoms with Gasteiger partial charge >= 0.3 is 0 Å². The second-order valence-electron chi connectivity index (χ2n) is 10.4. The zero-order valence-electron chi connectivity index (χ0n) is 21.5. The van der Waals surface area contributed by atoms with E-state index < -0.39 is 0 Å². The van der Waals surface area contributed by atoms with E-state index in [9.17, 15) is 0 Å². The Balaban J connectivity index is 1.15. The van der Waals surface area contributed by atoms with E-state index in [1.54, 1.807) is 0 Å². The monoisotopic (exact) mass is 458 g/mol. The summed E-state index contributed by atoms with van der Waals surface area (Å²) in [6, 6.07) is 6.58. The highest BCUT2D eigenvalue weighted by molar-refractivity contribution is 5.43. The molecule has 33 heavy (non-hydrogen) atoms. The van der Waals surface area contributed by atoms with Gasteiger partial charge in [-0.15, -0.1) is 0 Å². The van der Waals surface area contributed by atoms with Crippen LogP contribution in [0, 0.1) is 0 Å². The van der Waals surface area contributed by atoms with Crippen molar-refractivity contribution in [2.45, 2.75) is 135 Å². The van der Waals surface area contributed by atoms with Crippen LogP contribution in [0.5, 0.6) is 5.75 Å². The highest BCUT2D eigenvalue weighted by Gasteiger charge is 2.28. The molecular formula is C30H50O3. The smallest absolute Gasteiger partial charge is 0.125 e. The zero-order valence-corrected chi connectivity index (χ0v) is 21.5. The van der Waals surface area contributed by atoms with E-state index in [2.05, 4.69) is 25.1 Å². The van der Waals surface area contributed by atoms with Gasteiger partial charge in [0, 0.05) is 12.8 Å². The second-order valence-corrected chi connectivity index (χ2v) is 10.4. The van der Waals surface area contributed by atoms with E-state index in [-0.39, 0.29) is 0 Å². The summed E-state index contributed by atoms with van der Waals surface area (Å²) in [6.45, 7) is 4.92. The van der Waals surface area contributed by atoms with Crippen LogP contribution in [0.3, 0.4) is 0 Å². The minimum Gasteiger partial charge on any atom is -0.493 e. The molecule has 0 spiro atoms. The van der Waals surface area contributed by atoms with Gasteiger partial charge in [0.1, 0.15) is 5.75 Å². The summed E-state index contributed by atoms with van der Waals surface area (Å²) >= 11 is 0. The van der Waals surface area contributed by atoms with Crippen LogP contribution in [0.2, 0.25) is 0 Å². The molecule has 2 aliphatic rings. The minimum absolute atomic E-state index is 0.398. The number of hydrogen-bond acceptors (Lipinski definition) is 3. The first-order valence-electron chi connectivity index (χ1n) is 14.3. The predicted molar refractivity (Wildman–Crippen MR) is 138 cm³/mol. The van der Waals surface area contributed by atoms with Gasteiger partial charge in [-0.2, -0.15) is 0 Å². The largest absolute Gasteiger partial charge is 0.493 e. The Hall–Kier alpha value is -1.06. The van der Waals surface area contributed by atoms with Crippen molar-refractivity contribution in [3.63, 3.8) is 0 Å².